The number of hydrogen-bond acceptors (Lipinski definition) is 3. The molecular weight excluding hydrogens is 346 g/mol. The number of rotatable bonds is 6. The van der Waals surface area contributed by atoms with E-state index >= 15 is 0 Å². The maximum Gasteiger partial charge on any atom is 0.251 e. The predicted molar refractivity (Wildman–Crippen MR) is 88.7 cm³/mol. The van der Waals surface area contributed by atoms with Gasteiger partial charge < -0.3 is 15.5 Å². The quantitative estimate of drug-likeness (QED) is 0.736. The van der Waals surface area contributed by atoms with Crippen LogP contribution in [-0.2, 0) is 6.42 Å². The van der Waals surface area contributed by atoms with Gasteiger partial charge in [0.05, 0.1) is 18.8 Å². The van der Waals surface area contributed by atoms with Gasteiger partial charge in [-0.15, -0.1) is 0 Å². The average Bonchev–Trinajstić information content (AvgIpc) is 2.55. The molecule has 0 spiro atoms. The van der Waals surface area contributed by atoms with Gasteiger partial charge in [-0.3, -0.25) is 4.79 Å². The first-order chi connectivity index (χ1) is 10.6. The van der Waals surface area contributed by atoms with E-state index in [0.29, 0.717) is 12.0 Å². The molecule has 0 saturated carbocycles. The second-order valence-corrected chi connectivity index (χ2v) is 6.14. The minimum absolute atomic E-state index is 0.327. The summed E-state index contributed by atoms with van der Waals surface area (Å²) in [6, 6.07) is 16.3. The zero-order valence-electron chi connectivity index (χ0n) is 12.0. The van der Waals surface area contributed by atoms with E-state index in [-0.39, 0.29) is 19.1 Å². The maximum absolute atomic E-state index is 12.3. The highest BCUT2D eigenvalue weighted by atomic mass is 79.9. The Labute approximate surface area is 137 Å². The van der Waals surface area contributed by atoms with Crippen LogP contribution >= 0.6 is 15.9 Å². The molecule has 0 atom stereocenters. The summed E-state index contributed by atoms with van der Waals surface area (Å²) in [6.07, 6.45) is 0.350. The van der Waals surface area contributed by atoms with E-state index in [9.17, 15) is 15.0 Å². The molecule has 3 N–H and O–H groups in total. The van der Waals surface area contributed by atoms with Crippen LogP contribution in [0.4, 0.5) is 0 Å². The van der Waals surface area contributed by atoms with Gasteiger partial charge in [0, 0.05) is 16.5 Å². The molecule has 22 heavy (non-hydrogen) atoms. The normalized spacial score (nSPS) is 11.2. The van der Waals surface area contributed by atoms with E-state index in [2.05, 4.69) is 21.2 Å². The van der Waals surface area contributed by atoms with Gasteiger partial charge in [-0.25, -0.2) is 0 Å². The van der Waals surface area contributed by atoms with Crippen molar-refractivity contribution in [3.05, 3.63) is 70.2 Å². The molecule has 0 aliphatic heterocycles. The Hall–Kier alpha value is -1.69. The molecule has 2 rings (SSSR count). The number of hydrogen-bond donors (Lipinski definition) is 3. The van der Waals surface area contributed by atoms with Crippen LogP contribution in [-0.4, -0.2) is 34.9 Å². The van der Waals surface area contributed by atoms with Crippen molar-refractivity contribution in [3.63, 3.8) is 0 Å². The third kappa shape index (κ3) is 4.16. The number of benzene rings is 2. The lowest BCUT2D eigenvalue weighted by molar-refractivity contribution is 0.0667. The highest BCUT2D eigenvalue weighted by molar-refractivity contribution is 9.10. The molecule has 0 bridgehead atoms. The lowest BCUT2D eigenvalue weighted by Gasteiger charge is -2.31. The molecular formula is C17H18BrNO3. The monoisotopic (exact) mass is 363 g/mol. The first kappa shape index (κ1) is 16.7. The summed E-state index contributed by atoms with van der Waals surface area (Å²) >= 11 is 3.32. The van der Waals surface area contributed by atoms with Crippen molar-refractivity contribution in [2.45, 2.75) is 12.0 Å². The van der Waals surface area contributed by atoms with Gasteiger partial charge in [0.2, 0.25) is 0 Å². The minimum Gasteiger partial charge on any atom is -0.394 e. The zero-order chi connectivity index (χ0) is 16.0. The van der Waals surface area contributed by atoms with Crippen molar-refractivity contribution in [3.8, 4) is 0 Å². The summed E-state index contributed by atoms with van der Waals surface area (Å²) in [4.78, 5) is 12.3. The van der Waals surface area contributed by atoms with Crippen molar-refractivity contribution in [2.75, 3.05) is 13.2 Å². The van der Waals surface area contributed by atoms with E-state index in [1.807, 2.05) is 30.3 Å². The first-order valence-corrected chi connectivity index (χ1v) is 7.71. The van der Waals surface area contributed by atoms with Gasteiger partial charge in [0.1, 0.15) is 0 Å². The Kier molecular flexibility index (Phi) is 5.71. The Morgan fingerprint density at radius 2 is 1.59 bits per heavy atom. The Balaban J connectivity index is 2.17. The lowest BCUT2D eigenvalue weighted by atomic mass is 9.92. The van der Waals surface area contributed by atoms with E-state index in [1.54, 1.807) is 24.3 Å². The summed E-state index contributed by atoms with van der Waals surface area (Å²) < 4.78 is 0.879. The van der Waals surface area contributed by atoms with E-state index in [4.69, 9.17) is 0 Å². The highest BCUT2D eigenvalue weighted by Gasteiger charge is 2.31. The van der Waals surface area contributed by atoms with Crippen LogP contribution in [0.15, 0.2) is 59.1 Å². The minimum atomic E-state index is -1.09. The molecule has 4 nitrogen and oxygen atoms in total. The third-order valence-corrected chi connectivity index (χ3v) is 4.00. The number of carbonyl (C=O) groups is 1. The number of carbonyl (C=O) groups excluding carboxylic acids is 1. The van der Waals surface area contributed by atoms with Gasteiger partial charge in [-0.1, -0.05) is 46.3 Å². The molecule has 0 radical (unpaired) electrons. The van der Waals surface area contributed by atoms with E-state index in [1.165, 1.54) is 0 Å². The molecule has 0 aliphatic rings. The van der Waals surface area contributed by atoms with Gasteiger partial charge in [-0.05, 0) is 29.8 Å². The van der Waals surface area contributed by atoms with Crippen LogP contribution in [0, 0.1) is 0 Å². The molecule has 0 aromatic heterocycles. The molecule has 0 fully saturated rings. The van der Waals surface area contributed by atoms with Crippen LogP contribution in [0.25, 0.3) is 0 Å². The molecule has 2 aromatic carbocycles. The predicted octanol–water partition coefficient (Wildman–Crippen LogP) is 2.14. The Morgan fingerprint density at radius 1 is 1.00 bits per heavy atom. The van der Waals surface area contributed by atoms with Gasteiger partial charge in [0.25, 0.3) is 5.91 Å². The molecule has 1 amide bonds. The zero-order valence-corrected chi connectivity index (χ0v) is 13.6. The van der Waals surface area contributed by atoms with Gasteiger partial charge in [-0.2, -0.15) is 0 Å². The molecule has 0 heterocycles. The van der Waals surface area contributed by atoms with Crippen LogP contribution in [0.1, 0.15) is 15.9 Å². The largest absolute Gasteiger partial charge is 0.394 e. The molecule has 116 valence electrons. The van der Waals surface area contributed by atoms with Crippen molar-refractivity contribution in [1.82, 2.24) is 5.32 Å². The van der Waals surface area contributed by atoms with Crippen molar-refractivity contribution >= 4 is 21.8 Å². The number of aliphatic hydroxyl groups excluding tert-OH is 2. The Bertz CT molecular complexity index is 610. The fourth-order valence-electron chi connectivity index (χ4n) is 2.19. The summed E-state index contributed by atoms with van der Waals surface area (Å²) in [5, 5.41) is 22.2. The van der Waals surface area contributed by atoms with E-state index in [0.717, 1.165) is 10.0 Å². The Morgan fingerprint density at radius 3 is 2.14 bits per heavy atom. The molecule has 0 unspecified atom stereocenters. The van der Waals surface area contributed by atoms with Gasteiger partial charge in [0.15, 0.2) is 0 Å². The van der Waals surface area contributed by atoms with Crippen molar-refractivity contribution in [1.29, 1.82) is 0 Å². The lowest BCUT2D eigenvalue weighted by Crippen LogP contribution is -2.55. The van der Waals surface area contributed by atoms with Crippen molar-refractivity contribution in [2.24, 2.45) is 0 Å². The topological polar surface area (TPSA) is 69.6 Å². The average molecular weight is 364 g/mol. The van der Waals surface area contributed by atoms with Crippen LogP contribution in [0.5, 0.6) is 0 Å². The molecule has 0 saturated heterocycles. The van der Waals surface area contributed by atoms with Crippen LogP contribution in [0.2, 0.25) is 0 Å². The molecule has 0 aliphatic carbocycles. The third-order valence-electron chi connectivity index (χ3n) is 3.48. The molecule has 2 aromatic rings. The summed E-state index contributed by atoms with van der Waals surface area (Å²) in [7, 11) is 0. The van der Waals surface area contributed by atoms with Crippen molar-refractivity contribution < 1.29 is 15.0 Å². The smallest absolute Gasteiger partial charge is 0.251 e. The van der Waals surface area contributed by atoms with Gasteiger partial charge >= 0.3 is 0 Å². The summed E-state index contributed by atoms with van der Waals surface area (Å²) in [5.74, 6) is -0.327. The maximum atomic E-state index is 12.3. The highest BCUT2D eigenvalue weighted by Crippen LogP contribution is 2.16. The summed E-state index contributed by atoms with van der Waals surface area (Å²) in [6.45, 7) is -0.693. The number of aliphatic hydroxyl groups is 2. The van der Waals surface area contributed by atoms with E-state index < -0.39 is 5.54 Å². The fourth-order valence-corrected chi connectivity index (χ4v) is 2.45. The fraction of sp³-hybridized carbons (Fsp3) is 0.235. The second-order valence-electron chi connectivity index (χ2n) is 5.22. The summed E-state index contributed by atoms with van der Waals surface area (Å²) in [5.41, 5.74) is 0.315. The molecule has 5 heteroatoms. The SMILES string of the molecule is O=C(NC(CO)(CO)Cc1ccccc1)c1ccc(Br)cc1. The van der Waals surface area contributed by atoms with Crippen LogP contribution in [0.3, 0.4) is 0 Å². The standard InChI is InChI=1S/C17H18BrNO3/c18-15-8-6-14(7-9-15)16(22)19-17(11-20,12-21)10-13-4-2-1-3-5-13/h1-9,20-21H,10-12H2,(H,19,22). The number of nitrogens with one attached hydrogen (secondary N) is 1. The second kappa shape index (κ2) is 7.54. The van der Waals surface area contributed by atoms with Crippen LogP contribution < -0.4 is 5.32 Å². The first-order valence-electron chi connectivity index (χ1n) is 6.92. The number of halogens is 1. The number of amides is 1.